The van der Waals surface area contributed by atoms with Crippen LogP contribution < -0.4 is 5.73 Å². The molecular formula is C14H21N3O. The Morgan fingerprint density at radius 1 is 1.50 bits per heavy atom. The number of hydrogen-bond donors (Lipinski definition) is 1. The second kappa shape index (κ2) is 4.69. The highest BCUT2D eigenvalue weighted by molar-refractivity contribution is 5.94. The molecule has 0 spiro atoms. The summed E-state index contributed by atoms with van der Waals surface area (Å²) in [6.45, 7) is 7.59. The number of amides is 1. The third-order valence-corrected chi connectivity index (χ3v) is 3.76. The third-order valence-electron chi connectivity index (χ3n) is 3.76. The number of hydrogen-bond acceptors (Lipinski definition) is 3. The molecule has 0 radical (unpaired) electrons. The molecule has 0 aliphatic carbocycles. The largest absolute Gasteiger partial charge is 0.338 e. The van der Waals surface area contributed by atoms with Crippen molar-refractivity contribution in [1.82, 2.24) is 9.88 Å². The average Bonchev–Trinajstić information content (AvgIpc) is 2.33. The number of nitrogens with two attached hydrogens (primary N) is 1. The molecule has 1 aromatic rings. The van der Waals surface area contributed by atoms with Gasteiger partial charge in [-0.1, -0.05) is 13.8 Å². The van der Waals surface area contributed by atoms with Gasteiger partial charge in [-0.15, -0.1) is 0 Å². The zero-order chi connectivity index (χ0) is 13.3. The van der Waals surface area contributed by atoms with Crippen LogP contribution in [0.2, 0.25) is 0 Å². The fourth-order valence-electron chi connectivity index (χ4n) is 2.32. The number of aryl methyl sites for hydroxylation is 1. The summed E-state index contributed by atoms with van der Waals surface area (Å²) in [4.78, 5) is 18.4. The molecule has 4 nitrogen and oxygen atoms in total. The van der Waals surface area contributed by atoms with E-state index in [0.29, 0.717) is 12.1 Å². The molecule has 2 rings (SSSR count). The first-order valence-corrected chi connectivity index (χ1v) is 6.38. The number of aromatic nitrogens is 1. The molecule has 1 aromatic heterocycles. The van der Waals surface area contributed by atoms with Crippen molar-refractivity contribution in [1.29, 1.82) is 0 Å². The molecule has 1 fully saturated rings. The summed E-state index contributed by atoms with van der Waals surface area (Å²) in [7, 11) is 0. The Kier molecular flexibility index (Phi) is 3.39. The van der Waals surface area contributed by atoms with E-state index in [1.165, 1.54) is 0 Å². The van der Waals surface area contributed by atoms with Crippen molar-refractivity contribution in [3.63, 3.8) is 0 Å². The van der Waals surface area contributed by atoms with Crippen LogP contribution in [0, 0.1) is 12.3 Å². The monoisotopic (exact) mass is 247 g/mol. The molecule has 1 unspecified atom stereocenters. The maximum Gasteiger partial charge on any atom is 0.255 e. The zero-order valence-electron chi connectivity index (χ0n) is 11.3. The van der Waals surface area contributed by atoms with Crippen molar-refractivity contribution in [2.24, 2.45) is 11.1 Å². The van der Waals surface area contributed by atoms with Crippen LogP contribution in [0.4, 0.5) is 0 Å². The number of rotatable bonds is 1. The molecular weight excluding hydrogens is 226 g/mol. The summed E-state index contributed by atoms with van der Waals surface area (Å²) >= 11 is 0. The Morgan fingerprint density at radius 2 is 2.22 bits per heavy atom. The van der Waals surface area contributed by atoms with Crippen molar-refractivity contribution in [3.8, 4) is 0 Å². The molecule has 2 N–H and O–H groups in total. The number of carbonyl (C=O) groups excluding carboxylic acids is 1. The first-order chi connectivity index (χ1) is 8.40. The lowest BCUT2D eigenvalue weighted by Gasteiger charge is -2.42. The summed E-state index contributed by atoms with van der Waals surface area (Å²) in [5.74, 6) is 0.0578. The van der Waals surface area contributed by atoms with Gasteiger partial charge in [0.15, 0.2) is 0 Å². The number of pyridine rings is 1. The molecule has 98 valence electrons. The SMILES string of the molecule is Cc1ccc(C(=O)N2CCC(N)C(C)(C)C2)cn1. The molecule has 2 heterocycles. The van der Waals surface area contributed by atoms with Crippen molar-refractivity contribution in [2.75, 3.05) is 13.1 Å². The van der Waals surface area contributed by atoms with Gasteiger partial charge in [-0.25, -0.2) is 0 Å². The van der Waals surface area contributed by atoms with Gasteiger partial charge in [0.25, 0.3) is 5.91 Å². The van der Waals surface area contributed by atoms with E-state index in [0.717, 1.165) is 18.7 Å². The number of likely N-dealkylation sites (tertiary alicyclic amines) is 1. The van der Waals surface area contributed by atoms with Gasteiger partial charge in [-0.05, 0) is 30.9 Å². The molecule has 0 saturated carbocycles. The van der Waals surface area contributed by atoms with Crippen LogP contribution in [0.5, 0.6) is 0 Å². The Balaban J connectivity index is 2.13. The Morgan fingerprint density at radius 3 is 2.78 bits per heavy atom. The maximum absolute atomic E-state index is 12.4. The topological polar surface area (TPSA) is 59.2 Å². The van der Waals surface area contributed by atoms with Crippen molar-refractivity contribution in [3.05, 3.63) is 29.6 Å². The van der Waals surface area contributed by atoms with E-state index in [1.807, 2.05) is 24.0 Å². The van der Waals surface area contributed by atoms with Gasteiger partial charge in [0.05, 0.1) is 5.56 Å². The first-order valence-electron chi connectivity index (χ1n) is 6.38. The van der Waals surface area contributed by atoms with E-state index in [2.05, 4.69) is 18.8 Å². The minimum atomic E-state index is -0.0218. The van der Waals surface area contributed by atoms with E-state index < -0.39 is 0 Å². The van der Waals surface area contributed by atoms with E-state index in [9.17, 15) is 4.79 Å². The summed E-state index contributed by atoms with van der Waals surface area (Å²) in [6, 6.07) is 3.87. The van der Waals surface area contributed by atoms with Crippen molar-refractivity contribution in [2.45, 2.75) is 33.2 Å². The van der Waals surface area contributed by atoms with Gasteiger partial charge in [-0.3, -0.25) is 9.78 Å². The fourth-order valence-corrected chi connectivity index (χ4v) is 2.32. The second-order valence-corrected chi connectivity index (χ2v) is 5.80. The smallest absolute Gasteiger partial charge is 0.255 e. The minimum absolute atomic E-state index is 0.0218. The second-order valence-electron chi connectivity index (χ2n) is 5.80. The van der Waals surface area contributed by atoms with Crippen LogP contribution in [0.1, 0.15) is 36.3 Å². The van der Waals surface area contributed by atoms with Gasteiger partial charge < -0.3 is 10.6 Å². The third kappa shape index (κ3) is 2.53. The normalized spacial score (nSPS) is 22.9. The Bertz CT molecular complexity index is 439. The van der Waals surface area contributed by atoms with Crippen molar-refractivity contribution >= 4 is 5.91 Å². The zero-order valence-corrected chi connectivity index (χ0v) is 11.3. The lowest BCUT2D eigenvalue weighted by atomic mass is 9.79. The van der Waals surface area contributed by atoms with Crippen LogP contribution in [0.3, 0.4) is 0 Å². The maximum atomic E-state index is 12.4. The lowest BCUT2D eigenvalue weighted by molar-refractivity contribution is 0.0532. The van der Waals surface area contributed by atoms with Gasteiger partial charge in [0.2, 0.25) is 0 Å². The van der Waals surface area contributed by atoms with Crippen LogP contribution in [-0.4, -0.2) is 34.9 Å². The molecule has 0 aromatic carbocycles. The summed E-state index contributed by atoms with van der Waals surface area (Å²) in [5, 5.41) is 0. The Hall–Kier alpha value is -1.42. The predicted molar refractivity (Wildman–Crippen MR) is 71.3 cm³/mol. The number of carbonyl (C=O) groups is 1. The van der Waals surface area contributed by atoms with Gasteiger partial charge in [0.1, 0.15) is 0 Å². The number of piperidine rings is 1. The predicted octanol–water partition coefficient (Wildman–Crippen LogP) is 1.59. The van der Waals surface area contributed by atoms with Gasteiger partial charge >= 0.3 is 0 Å². The quantitative estimate of drug-likeness (QED) is 0.820. The molecule has 1 aliphatic heterocycles. The summed E-state index contributed by atoms with van der Waals surface area (Å²) in [6.07, 6.45) is 2.51. The van der Waals surface area contributed by atoms with Crippen LogP contribution in [0.25, 0.3) is 0 Å². The van der Waals surface area contributed by atoms with Gasteiger partial charge in [0, 0.05) is 31.0 Å². The standard InChI is InChI=1S/C14H21N3O/c1-10-4-5-11(8-16-10)13(18)17-7-6-12(15)14(2,3)9-17/h4-5,8,12H,6-7,9,15H2,1-3H3. The number of nitrogens with zero attached hydrogens (tertiary/aromatic N) is 2. The molecule has 1 aliphatic rings. The lowest BCUT2D eigenvalue weighted by Crippen LogP contribution is -2.54. The van der Waals surface area contributed by atoms with Crippen LogP contribution in [0.15, 0.2) is 18.3 Å². The van der Waals surface area contributed by atoms with E-state index in [1.54, 1.807) is 6.20 Å². The molecule has 1 atom stereocenters. The molecule has 1 amide bonds. The summed E-state index contributed by atoms with van der Waals surface area (Å²) in [5.41, 5.74) is 7.64. The highest BCUT2D eigenvalue weighted by Crippen LogP contribution is 2.28. The molecule has 1 saturated heterocycles. The van der Waals surface area contributed by atoms with Crippen molar-refractivity contribution < 1.29 is 4.79 Å². The van der Waals surface area contributed by atoms with E-state index in [4.69, 9.17) is 5.73 Å². The molecule has 4 heteroatoms. The first kappa shape index (κ1) is 13.0. The fraction of sp³-hybridized carbons (Fsp3) is 0.571. The van der Waals surface area contributed by atoms with E-state index >= 15 is 0 Å². The molecule has 0 bridgehead atoms. The van der Waals surface area contributed by atoms with E-state index in [-0.39, 0.29) is 17.4 Å². The Labute approximate surface area is 108 Å². The summed E-state index contributed by atoms with van der Waals surface area (Å²) < 4.78 is 0. The highest BCUT2D eigenvalue weighted by atomic mass is 16.2. The van der Waals surface area contributed by atoms with Gasteiger partial charge in [-0.2, -0.15) is 0 Å². The van der Waals surface area contributed by atoms with Crippen LogP contribution in [-0.2, 0) is 0 Å². The minimum Gasteiger partial charge on any atom is -0.338 e. The highest BCUT2D eigenvalue weighted by Gasteiger charge is 2.35. The van der Waals surface area contributed by atoms with Crippen LogP contribution >= 0.6 is 0 Å². The molecule has 18 heavy (non-hydrogen) atoms. The average molecular weight is 247 g/mol.